The van der Waals surface area contributed by atoms with E-state index in [0.29, 0.717) is 10.7 Å². The number of aromatic amines is 1. The Morgan fingerprint density at radius 2 is 1.85 bits per heavy atom. The Hall–Kier alpha value is -2.79. The molecule has 2 N–H and O–H groups in total. The molecule has 0 fully saturated rings. The fourth-order valence-electron chi connectivity index (χ4n) is 2.91. The van der Waals surface area contributed by atoms with Gasteiger partial charge < -0.3 is 15.0 Å². The summed E-state index contributed by atoms with van der Waals surface area (Å²) >= 11 is 5.99. The van der Waals surface area contributed by atoms with Crippen LogP contribution in [0.4, 0.5) is 0 Å². The summed E-state index contributed by atoms with van der Waals surface area (Å²) in [5, 5.41) is 4.20. The van der Waals surface area contributed by atoms with E-state index in [2.05, 4.69) is 10.3 Å². The highest BCUT2D eigenvalue weighted by atomic mass is 35.5. The molecule has 0 aliphatic carbocycles. The highest BCUT2D eigenvalue weighted by Crippen LogP contribution is 2.22. The van der Waals surface area contributed by atoms with E-state index in [1.54, 1.807) is 24.3 Å². The fourth-order valence-corrected chi connectivity index (χ4v) is 3.09. The summed E-state index contributed by atoms with van der Waals surface area (Å²) in [6.45, 7) is 1.88. The highest BCUT2D eigenvalue weighted by molar-refractivity contribution is 6.31. The number of rotatable bonds is 5. The van der Waals surface area contributed by atoms with Gasteiger partial charge in [0.2, 0.25) is 0 Å². The summed E-state index contributed by atoms with van der Waals surface area (Å²) in [6, 6.07) is 15.7. The molecule has 0 saturated heterocycles. The van der Waals surface area contributed by atoms with Gasteiger partial charge in [0.1, 0.15) is 11.7 Å². The minimum absolute atomic E-state index is 0.244. The Labute approximate surface area is 156 Å². The second-order valence-electron chi connectivity index (χ2n) is 6.09. The van der Waals surface area contributed by atoms with E-state index in [9.17, 15) is 9.59 Å². The van der Waals surface area contributed by atoms with Gasteiger partial charge in [-0.05, 0) is 29.8 Å². The number of hydrogen-bond acceptors (Lipinski definition) is 3. The van der Waals surface area contributed by atoms with E-state index < -0.39 is 12.0 Å². The molecule has 0 spiro atoms. The van der Waals surface area contributed by atoms with Gasteiger partial charge in [-0.3, -0.25) is 4.79 Å². The van der Waals surface area contributed by atoms with Crippen LogP contribution < -0.4 is 5.32 Å². The zero-order valence-corrected chi connectivity index (χ0v) is 15.2. The maximum Gasteiger partial charge on any atom is 0.329 e. The van der Waals surface area contributed by atoms with Crippen molar-refractivity contribution < 1.29 is 14.3 Å². The van der Waals surface area contributed by atoms with Crippen LogP contribution in [0, 0.1) is 0 Å². The van der Waals surface area contributed by atoms with Gasteiger partial charge in [0.25, 0.3) is 5.91 Å². The zero-order valence-electron chi connectivity index (χ0n) is 14.5. The van der Waals surface area contributed by atoms with Gasteiger partial charge in [-0.1, -0.05) is 48.9 Å². The molecule has 3 aromatic rings. The number of amides is 1. The minimum Gasteiger partial charge on any atom is -0.467 e. The number of benzene rings is 2. The molecule has 0 aliphatic rings. The molecule has 0 bridgehead atoms. The van der Waals surface area contributed by atoms with Crippen LogP contribution >= 0.6 is 11.6 Å². The van der Waals surface area contributed by atoms with Gasteiger partial charge in [0, 0.05) is 21.8 Å². The number of methoxy groups -OCH3 is 1. The lowest BCUT2D eigenvalue weighted by Crippen LogP contribution is -2.45. The number of H-pyrrole nitrogens is 1. The molecule has 0 saturated carbocycles. The van der Waals surface area contributed by atoms with E-state index in [1.807, 2.05) is 37.3 Å². The summed E-state index contributed by atoms with van der Waals surface area (Å²) in [5.74, 6) is -1.12. The number of fused-ring (bicyclic) bond motifs is 1. The van der Waals surface area contributed by atoms with Gasteiger partial charge in [-0.25, -0.2) is 4.79 Å². The molecule has 3 rings (SSSR count). The molecule has 6 heteroatoms. The van der Waals surface area contributed by atoms with Gasteiger partial charge in [-0.15, -0.1) is 0 Å². The highest BCUT2D eigenvalue weighted by Gasteiger charge is 2.29. The SMILES string of the molecule is COC(=O)C(NC(=O)c1cc2cc(Cl)ccc2[nH]1)C(C)c1ccccc1. The zero-order chi connectivity index (χ0) is 18.7. The van der Waals surface area contributed by atoms with E-state index in [0.717, 1.165) is 16.5 Å². The van der Waals surface area contributed by atoms with Crippen molar-refractivity contribution in [2.45, 2.75) is 18.9 Å². The molecular formula is C20H19ClN2O3. The molecule has 1 amide bonds. The first kappa shape index (κ1) is 18.0. The second-order valence-corrected chi connectivity index (χ2v) is 6.52. The number of esters is 1. The van der Waals surface area contributed by atoms with Crippen molar-refractivity contribution >= 4 is 34.4 Å². The molecule has 1 heterocycles. The van der Waals surface area contributed by atoms with Crippen LogP contribution in [0.5, 0.6) is 0 Å². The van der Waals surface area contributed by atoms with Crippen LogP contribution in [-0.2, 0) is 9.53 Å². The molecule has 2 aromatic carbocycles. The molecule has 26 heavy (non-hydrogen) atoms. The van der Waals surface area contributed by atoms with Crippen LogP contribution in [-0.4, -0.2) is 30.0 Å². The third kappa shape index (κ3) is 3.73. The third-order valence-corrected chi connectivity index (χ3v) is 4.63. The van der Waals surface area contributed by atoms with Crippen LogP contribution in [0.2, 0.25) is 5.02 Å². The number of ether oxygens (including phenoxy) is 1. The van der Waals surface area contributed by atoms with E-state index >= 15 is 0 Å². The lowest BCUT2D eigenvalue weighted by atomic mass is 9.93. The predicted octanol–water partition coefficient (Wildman–Crippen LogP) is 3.90. The van der Waals surface area contributed by atoms with Gasteiger partial charge in [0.05, 0.1) is 7.11 Å². The van der Waals surface area contributed by atoms with Gasteiger partial charge in [0.15, 0.2) is 0 Å². The van der Waals surface area contributed by atoms with Crippen molar-refractivity contribution in [2.75, 3.05) is 7.11 Å². The van der Waals surface area contributed by atoms with Crippen molar-refractivity contribution in [3.63, 3.8) is 0 Å². The first-order chi connectivity index (χ1) is 12.5. The Balaban J connectivity index is 1.85. The predicted molar refractivity (Wildman–Crippen MR) is 101 cm³/mol. The summed E-state index contributed by atoms with van der Waals surface area (Å²) < 4.78 is 4.89. The summed E-state index contributed by atoms with van der Waals surface area (Å²) in [5.41, 5.74) is 2.09. The maximum absolute atomic E-state index is 12.7. The van der Waals surface area contributed by atoms with Crippen molar-refractivity contribution in [1.29, 1.82) is 0 Å². The van der Waals surface area contributed by atoms with Gasteiger partial charge >= 0.3 is 5.97 Å². The van der Waals surface area contributed by atoms with E-state index in [1.165, 1.54) is 7.11 Å². The van der Waals surface area contributed by atoms with Crippen molar-refractivity contribution in [3.05, 3.63) is 70.9 Å². The fraction of sp³-hybridized carbons (Fsp3) is 0.200. The Bertz CT molecular complexity index is 937. The number of hydrogen-bond donors (Lipinski definition) is 2. The number of carbonyl (C=O) groups is 2. The van der Waals surface area contributed by atoms with Gasteiger partial charge in [-0.2, -0.15) is 0 Å². The summed E-state index contributed by atoms with van der Waals surface area (Å²) in [4.78, 5) is 28.0. The molecular weight excluding hydrogens is 352 g/mol. The minimum atomic E-state index is -0.801. The summed E-state index contributed by atoms with van der Waals surface area (Å²) in [7, 11) is 1.31. The Morgan fingerprint density at radius 3 is 2.54 bits per heavy atom. The molecule has 2 atom stereocenters. The molecule has 2 unspecified atom stereocenters. The smallest absolute Gasteiger partial charge is 0.329 e. The Morgan fingerprint density at radius 1 is 1.12 bits per heavy atom. The van der Waals surface area contributed by atoms with E-state index in [4.69, 9.17) is 16.3 Å². The average molecular weight is 371 g/mol. The summed E-state index contributed by atoms with van der Waals surface area (Å²) in [6.07, 6.45) is 0. The monoisotopic (exact) mass is 370 g/mol. The average Bonchev–Trinajstić information content (AvgIpc) is 3.08. The normalized spacial score (nSPS) is 13.2. The van der Waals surface area contributed by atoms with E-state index in [-0.39, 0.29) is 11.8 Å². The Kier molecular flexibility index (Phi) is 5.28. The topological polar surface area (TPSA) is 71.2 Å². The first-order valence-corrected chi connectivity index (χ1v) is 8.59. The molecule has 0 aliphatic heterocycles. The van der Waals surface area contributed by atoms with Crippen LogP contribution in [0.15, 0.2) is 54.6 Å². The lowest BCUT2D eigenvalue weighted by Gasteiger charge is -2.23. The van der Waals surface area contributed by atoms with Crippen LogP contribution in [0.25, 0.3) is 10.9 Å². The largest absolute Gasteiger partial charge is 0.467 e. The standard InChI is InChI=1S/C20H19ClN2O3/c1-12(13-6-4-3-5-7-13)18(20(25)26-2)23-19(24)17-11-14-10-15(21)8-9-16(14)22-17/h3-12,18,22H,1-2H3,(H,23,24). The number of nitrogens with one attached hydrogen (secondary N) is 2. The molecule has 0 radical (unpaired) electrons. The molecule has 1 aromatic heterocycles. The van der Waals surface area contributed by atoms with Crippen molar-refractivity contribution in [3.8, 4) is 0 Å². The first-order valence-electron chi connectivity index (χ1n) is 8.21. The number of carbonyl (C=O) groups excluding carboxylic acids is 2. The van der Waals surface area contributed by atoms with Crippen molar-refractivity contribution in [2.24, 2.45) is 0 Å². The number of aromatic nitrogens is 1. The lowest BCUT2D eigenvalue weighted by molar-refractivity contribution is -0.143. The second kappa shape index (κ2) is 7.62. The number of halogens is 1. The van der Waals surface area contributed by atoms with Crippen LogP contribution in [0.1, 0.15) is 28.9 Å². The van der Waals surface area contributed by atoms with Crippen molar-refractivity contribution in [1.82, 2.24) is 10.3 Å². The maximum atomic E-state index is 12.7. The quantitative estimate of drug-likeness (QED) is 0.669. The molecule has 5 nitrogen and oxygen atoms in total. The molecule has 134 valence electrons. The third-order valence-electron chi connectivity index (χ3n) is 4.39. The van der Waals surface area contributed by atoms with Crippen LogP contribution in [0.3, 0.4) is 0 Å².